The minimum absolute atomic E-state index is 0.359. The lowest BCUT2D eigenvalue weighted by Crippen LogP contribution is -2.02. The molecule has 0 aliphatic carbocycles. The minimum atomic E-state index is 0.359. The highest BCUT2D eigenvalue weighted by Crippen LogP contribution is 2.27. The van der Waals surface area contributed by atoms with Gasteiger partial charge in [-0.1, -0.05) is 17.7 Å². The molecule has 0 saturated carbocycles. The third-order valence-corrected chi connectivity index (χ3v) is 2.71. The normalized spacial score (nSPS) is 10.1. The van der Waals surface area contributed by atoms with Crippen LogP contribution in [0.15, 0.2) is 30.6 Å². The van der Waals surface area contributed by atoms with E-state index in [1.54, 1.807) is 20.4 Å². The van der Waals surface area contributed by atoms with Gasteiger partial charge in [0.2, 0.25) is 0 Å². The Balaban J connectivity index is 2.07. The summed E-state index contributed by atoms with van der Waals surface area (Å²) in [6, 6.07) is 5.72. The van der Waals surface area contributed by atoms with Crippen molar-refractivity contribution >= 4 is 17.4 Å². The van der Waals surface area contributed by atoms with E-state index in [0.29, 0.717) is 29.0 Å². The first kappa shape index (κ1) is 13.4. The minimum Gasteiger partial charge on any atom is -0.493 e. The zero-order chi connectivity index (χ0) is 13.7. The molecule has 1 heterocycles. The SMILES string of the molecule is COc1ccc(CNc2cncc(Cl)n2)cc1OC. The Hall–Kier alpha value is -2.01. The lowest BCUT2D eigenvalue weighted by atomic mass is 10.2. The van der Waals surface area contributed by atoms with Crippen LogP contribution in [0.1, 0.15) is 5.56 Å². The highest BCUT2D eigenvalue weighted by molar-refractivity contribution is 6.29. The number of hydrogen-bond donors (Lipinski definition) is 1. The molecule has 0 spiro atoms. The molecule has 0 amide bonds. The Bertz CT molecular complexity index is 563. The molecular weight excluding hydrogens is 266 g/mol. The van der Waals surface area contributed by atoms with E-state index in [0.717, 1.165) is 5.56 Å². The standard InChI is InChI=1S/C13H14ClN3O2/c1-18-10-4-3-9(5-11(10)19-2)6-16-13-8-15-7-12(14)17-13/h3-5,7-8H,6H2,1-2H3,(H,16,17). The van der Waals surface area contributed by atoms with Gasteiger partial charge in [-0.3, -0.25) is 4.98 Å². The number of nitrogens with one attached hydrogen (secondary N) is 1. The summed E-state index contributed by atoms with van der Waals surface area (Å²) in [5, 5.41) is 3.49. The highest BCUT2D eigenvalue weighted by Gasteiger charge is 2.04. The van der Waals surface area contributed by atoms with Gasteiger partial charge in [-0.25, -0.2) is 4.98 Å². The number of benzene rings is 1. The molecule has 6 heteroatoms. The van der Waals surface area contributed by atoms with Crippen molar-refractivity contribution in [2.75, 3.05) is 19.5 Å². The van der Waals surface area contributed by atoms with Crippen LogP contribution in [0.5, 0.6) is 11.5 Å². The molecule has 0 radical (unpaired) electrons. The van der Waals surface area contributed by atoms with Gasteiger partial charge < -0.3 is 14.8 Å². The molecule has 1 N–H and O–H groups in total. The quantitative estimate of drug-likeness (QED) is 0.912. The lowest BCUT2D eigenvalue weighted by Gasteiger charge is -2.10. The van der Waals surface area contributed by atoms with Crippen molar-refractivity contribution in [3.63, 3.8) is 0 Å². The average Bonchev–Trinajstić information content (AvgIpc) is 2.45. The molecular formula is C13H14ClN3O2. The van der Waals surface area contributed by atoms with Crippen molar-refractivity contribution in [2.45, 2.75) is 6.54 Å². The molecule has 0 unspecified atom stereocenters. The second-order valence-corrected chi connectivity index (χ2v) is 4.16. The van der Waals surface area contributed by atoms with Gasteiger partial charge in [-0.2, -0.15) is 0 Å². The molecule has 2 aromatic rings. The number of rotatable bonds is 5. The molecule has 5 nitrogen and oxygen atoms in total. The van der Waals surface area contributed by atoms with Crippen molar-refractivity contribution in [3.8, 4) is 11.5 Å². The van der Waals surface area contributed by atoms with Gasteiger partial charge in [0.25, 0.3) is 0 Å². The van der Waals surface area contributed by atoms with Crippen LogP contribution in [0, 0.1) is 0 Å². The van der Waals surface area contributed by atoms with Gasteiger partial charge in [0.15, 0.2) is 11.5 Å². The van der Waals surface area contributed by atoms with E-state index < -0.39 is 0 Å². The molecule has 0 bridgehead atoms. The van der Waals surface area contributed by atoms with Gasteiger partial charge in [-0.05, 0) is 17.7 Å². The fourth-order valence-electron chi connectivity index (χ4n) is 1.61. The maximum Gasteiger partial charge on any atom is 0.161 e. The number of ether oxygens (including phenoxy) is 2. The Morgan fingerprint density at radius 2 is 1.95 bits per heavy atom. The zero-order valence-electron chi connectivity index (χ0n) is 10.7. The molecule has 100 valence electrons. The number of aromatic nitrogens is 2. The molecule has 0 saturated heterocycles. The van der Waals surface area contributed by atoms with E-state index >= 15 is 0 Å². The van der Waals surface area contributed by atoms with E-state index in [4.69, 9.17) is 21.1 Å². The predicted molar refractivity (Wildman–Crippen MR) is 73.9 cm³/mol. The van der Waals surface area contributed by atoms with Crippen molar-refractivity contribution in [3.05, 3.63) is 41.3 Å². The number of hydrogen-bond acceptors (Lipinski definition) is 5. The largest absolute Gasteiger partial charge is 0.493 e. The summed E-state index contributed by atoms with van der Waals surface area (Å²) in [4.78, 5) is 8.06. The number of methoxy groups -OCH3 is 2. The lowest BCUT2D eigenvalue weighted by molar-refractivity contribution is 0.354. The fourth-order valence-corrected chi connectivity index (χ4v) is 1.76. The van der Waals surface area contributed by atoms with Crippen LogP contribution in [0.3, 0.4) is 0 Å². The number of halogens is 1. The monoisotopic (exact) mass is 279 g/mol. The second-order valence-electron chi connectivity index (χ2n) is 3.77. The first-order chi connectivity index (χ1) is 9.22. The zero-order valence-corrected chi connectivity index (χ0v) is 11.4. The predicted octanol–water partition coefficient (Wildman–Crippen LogP) is 2.76. The van der Waals surface area contributed by atoms with E-state index in [-0.39, 0.29) is 0 Å². The summed E-state index contributed by atoms with van der Waals surface area (Å²) in [5.74, 6) is 2.02. The summed E-state index contributed by atoms with van der Waals surface area (Å²) in [5.41, 5.74) is 1.04. The summed E-state index contributed by atoms with van der Waals surface area (Å²) in [7, 11) is 3.22. The van der Waals surface area contributed by atoms with Crippen LogP contribution in [0.4, 0.5) is 5.82 Å². The Kier molecular flexibility index (Phi) is 4.41. The van der Waals surface area contributed by atoms with Crippen LogP contribution in [0.2, 0.25) is 5.15 Å². The molecule has 19 heavy (non-hydrogen) atoms. The Labute approximate surface area is 116 Å². The molecule has 1 aromatic heterocycles. The van der Waals surface area contributed by atoms with Gasteiger partial charge in [0.05, 0.1) is 26.6 Å². The molecule has 2 rings (SSSR count). The van der Waals surface area contributed by atoms with Crippen LogP contribution in [0.25, 0.3) is 0 Å². The van der Waals surface area contributed by atoms with Crippen molar-refractivity contribution in [1.82, 2.24) is 9.97 Å². The molecule has 0 aliphatic rings. The fraction of sp³-hybridized carbons (Fsp3) is 0.231. The van der Waals surface area contributed by atoms with Crippen LogP contribution >= 0.6 is 11.6 Å². The number of anilines is 1. The van der Waals surface area contributed by atoms with E-state index in [1.165, 1.54) is 6.20 Å². The topological polar surface area (TPSA) is 56.3 Å². The van der Waals surface area contributed by atoms with Gasteiger partial charge >= 0.3 is 0 Å². The summed E-state index contributed by atoms with van der Waals surface area (Å²) in [6.45, 7) is 0.593. The molecule has 0 atom stereocenters. The van der Waals surface area contributed by atoms with Crippen molar-refractivity contribution < 1.29 is 9.47 Å². The van der Waals surface area contributed by atoms with Crippen molar-refractivity contribution in [2.24, 2.45) is 0 Å². The maximum atomic E-state index is 5.76. The number of nitrogens with zero attached hydrogens (tertiary/aromatic N) is 2. The van der Waals surface area contributed by atoms with Crippen molar-refractivity contribution in [1.29, 1.82) is 0 Å². The van der Waals surface area contributed by atoms with Crippen LogP contribution in [-0.2, 0) is 6.54 Å². The smallest absolute Gasteiger partial charge is 0.161 e. The van der Waals surface area contributed by atoms with E-state index in [1.807, 2.05) is 18.2 Å². The third-order valence-electron chi connectivity index (χ3n) is 2.53. The summed E-state index contributed by atoms with van der Waals surface area (Å²) < 4.78 is 10.4. The maximum absolute atomic E-state index is 5.76. The summed E-state index contributed by atoms with van der Waals surface area (Å²) >= 11 is 5.76. The molecule has 1 aromatic carbocycles. The average molecular weight is 280 g/mol. The first-order valence-corrected chi connectivity index (χ1v) is 6.03. The Morgan fingerprint density at radius 3 is 2.63 bits per heavy atom. The van der Waals surface area contributed by atoms with E-state index in [2.05, 4.69) is 15.3 Å². The summed E-state index contributed by atoms with van der Waals surface area (Å²) in [6.07, 6.45) is 3.11. The van der Waals surface area contributed by atoms with Gasteiger partial charge in [0, 0.05) is 6.54 Å². The van der Waals surface area contributed by atoms with Gasteiger partial charge in [0.1, 0.15) is 11.0 Å². The molecule has 0 fully saturated rings. The van der Waals surface area contributed by atoms with Crippen LogP contribution < -0.4 is 14.8 Å². The molecule has 0 aliphatic heterocycles. The van der Waals surface area contributed by atoms with Gasteiger partial charge in [-0.15, -0.1) is 0 Å². The second kappa shape index (κ2) is 6.24. The van der Waals surface area contributed by atoms with E-state index in [9.17, 15) is 0 Å². The van der Waals surface area contributed by atoms with Crippen LogP contribution in [-0.4, -0.2) is 24.2 Å². The third kappa shape index (κ3) is 3.48. The first-order valence-electron chi connectivity index (χ1n) is 5.65. The highest BCUT2D eigenvalue weighted by atomic mass is 35.5. The Morgan fingerprint density at radius 1 is 1.16 bits per heavy atom.